The molecule has 0 aliphatic heterocycles. The first-order chi connectivity index (χ1) is 11.2. The highest BCUT2D eigenvalue weighted by Crippen LogP contribution is 2.29. The van der Waals surface area contributed by atoms with E-state index in [4.69, 9.17) is 8.42 Å². The van der Waals surface area contributed by atoms with Gasteiger partial charge in [0.05, 0.1) is 6.10 Å². The maximum absolute atomic E-state index is 10.3. The summed E-state index contributed by atoms with van der Waals surface area (Å²) in [5, 5.41) is 10.3. The molecule has 1 atom stereocenters. The second-order valence-electron chi connectivity index (χ2n) is 5.95. The summed E-state index contributed by atoms with van der Waals surface area (Å²) >= 11 is -0.750. The van der Waals surface area contributed by atoms with Gasteiger partial charge in [-0.3, -0.25) is 0 Å². The van der Waals surface area contributed by atoms with Crippen molar-refractivity contribution in [2.24, 2.45) is 5.92 Å². The average Bonchev–Trinajstić information content (AvgIpc) is 3.12. The van der Waals surface area contributed by atoms with Crippen LogP contribution in [0.25, 0.3) is 11.1 Å². The molecule has 1 aliphatic carbocycles. The number of hydrogen-bond acceptors (Lipinski definition) is 3. The van der Waals surface area contributed by atoms with E-state index in [1.807, 2.05) is 6.07 Å². The van der Waals surface area contributed by atoms with Gasteiger partial charge in [0.15, 0.2) is 0 Å². The molecule has 0 saturated heterocycles. The number of hydrogen-bond donors (Lipinski definition) is 1. The monoisotopic (exact) mass is 330 g/mol. The van der Waals surface area contributed by atoms with Crippen LogP contribution < -0.4 is 0 Å². The van der Waals surface area contributed by atoms with Crippen molar-refractivity contribution >= 4 is 11.6 Å². The smallest absolute Gasteiger partial charge is 0.335 e. The lowest BCUT2D eigenvalue weighted by Gasteiger charge is -2.17. The van der Waals surface area contributed by atoms with E-state index in [1.54, 1.807) is 0 Å². The zero-order valence-corrected chi connectivity index (χ0v) is 13.9. The van der Waals surface area contributed by atoms with E-state index in [-0.39, 0.29) is 6.10 Å². The summed E-state index contributed by atoms with van der Waals surface area (Å²) in [7, 11) is 0. The van der Waals surface area contributed by atoms with E-state index in [0.29, 0.717) is 5.92 Å². The third-order valence-corrected chi connectivity index (χ3v) is 4.45. The lowest BCUT2D eigenvalue weighted by molar-refractivity contribution is 0.111. The van der Waals surface area contributed by atoms with Crippen molar-refractivity contribution < 1.29 is 13.5 Å². The van der Waals surface area contributed by atoms with E-state index in [0.717, 1.165) is 6.42 Å². The van der Waals surface area contributed by atoms with Crippen molar-refractivity contribution in [3.63, 3.8) is 0 Å². The Morgan fingerprint density at radius 3 is 2.00 bits per heavy atom. The van der Waals surface area contributed by atoms with Gasteiger partial charge in [0.2, 0.25) is 0 Å². The molecule has 0 aromatic heterocycles. The number of aliphatic hydroxyl groups is 1. The van der Waals surface area contributed by atoms with Gasteiger partial charge in [0.1, 0.15) is 0 Å². The van der Waals surface area contributed by atoms with Crippen LogP contribution in [0.1, 0.15) is 31.2 Å². The average molecular weight is 330 g/mol. The summed E-state index contributed by atoms with van der Waals surface area (Å²) in [6.45, 7) is 0. The summed E-state index contributed by atoms with van der Waals surface area (Å²) in [5.41, 5.74) is 3.73. The Kier molecular flexibility index (Phi) is 7.17. The Balaban J connectivity index is 0.000000595. The van der Waals surface area contributed by atoms with Crippen LogP contribution >= 0.6 is 0 Å². The van der Waals surface area contributed by atoms with Crippen LogP contribution in [0, 0.1) is 5.92 Å². The molecule has 0 spiro atoms. The Morgan fingerprint density at radius 2 is 1.43 bits per heavy atom. The number of aliphatic hydroxyl groups excluding tert-OH is 1. The molecule has 122 valence electrons. The highest BCUT2D eigenvalue weighted by Gasteiger charge is 2.23. The first-order valence-electron chi connectivity index (χ1n) is 7.99. The zero-order chi connectivity index (χ0) is 16.5. The van der Waals surface area contributed by atoms with Gasteiger partial charge in [-0.25, -0.2) is 0 Å². The lowest BCUT2D eigenvalue weighted by atomic mass is 9.94. The van der Waals surface area contributed by atoms with Crippen molar-refractivity contribution in [3.8, 4) is 11.1 Å². The highest BCUT2D eigenvalue weighted by atomic mass is 32.1. The van der Waals surface area contributed by atoms with Crippen LogP contribution in [-0.2, 0) is 18.0 Å². The summed E-state index contributed by atoms with van der Waals surface area (Å²) in [6, 6.07) is 19.0. The normalized spacial score (nSPS) is 15.5. The van der Waals surface area contributed by atoms with Gasteiger partial charge in [-0.15, -0.1) is 0 Å². The second kappa shape index (κ2) is 9.38. The van der Waals surface area contributed by atoms with Crippen LogP contribution in [0.2, 0.25) is 0 Å². The molecule has 0 bridgehead atoms. The zero-order valence-electron chi connectivity index (χ0n) is 13.1. The van der Waals surface area contributed by atoms with Gasteiger partial charge in [-0.05, 0) is 41.9 Å². The molecule has 1 saturated carbocycles. The van der Waals surface area contributed by atoms with E-state index >= 15 is 0 Å². The highest BCUT2D eigenvalue weighted by molar-refractivity contribution is 7.51. The fourth-order valence-electron chi connectivity index (χ4n) is 3.21. The van der Waals surface area contributed by atoms with Crippen molar-refractivity contribution in [1.29, 1.82) is 0 Å². The molecule has 4 heteroatoms. The summed E-state index contributed by atoms with van der Waals surface area (Å²) < 4.78 is 16.6. The van der Waals surface area contributed by atoms with E-state index < -0.39 is 11.6 Å². The Labute approximate surface area is 141 Å². The first-order valence-corrected chi connectivity index (χ1v) is 8.65. The summed E-state index contributed by atoms with van der Waals surface area (Å²) in [4.78, 5) is 0. The number of rotatable bonds is 4. The van der Waals surface area contributed by atoms with Crippen LogP contribution in [-0.4, -0.2) is 19.6 Å². The molecule has 0 heterocycles. The van der Waals surface area contributed by atoms with Crippen LogP contribution in [0.15, 0.2) is 54.6 Å². The van der Waals surface area contributed by atoms with Crippen molar-refractivity contribution in [3.05, 3.63) is 60.2 Å². The van der Waals surface area contributed by atoms with Crippen LogP contribution in [0.3, 0.4) is 0 Å². The van der Waals surface area contributed by atoms with Crippen LogP contribution in [0.4, 0.5) is 0 Å². The molecule has 3 rings (SSSR count). The minimum Gasteiger partial charge on any atom is -0.392 e. The maximum atomic E-state index is 10.3. The molecule has 2 aromatic rings. The Morgan fingerprint density at radius 1 is 0.913 bits per heavy atom. The minimum atomic E-state index is -0.750. The molecule has 23 heavy (non-hydrogen) atoms. The van der Waals surface area contributed by atoms with E-state index in [9.17, 15) is 5.11 Å². The topological polar surface area (TPSA) is 54.4 Å². The predicted molar refractivity (Wildman–Crippen MR) is 92.5 cm³/mol. The second-order valence-corrected chi connectivity index (χ2v) is 6.08. The molecular formula is C19H22O3S. The van der Waals surface area contributed by atoms with Crippen molar-refractivity contribution in [2.45, 2.75) is 38.2 Å². The molecule has 1 aliphatic rings. The van der Waals surface area contributed by atoms with Gasteiger partial charge in [0.25, 0.3) is 0 Å². The van der Waals surface area contributed by atoms with Gasteiger partial charge in [-0.2, -0.15) is 8.42 Å². The molecule has 0 unspecified atom stereocenters. The third kappa shape index (κ3) is 5.41. The quantitative estimate of drug-likeness (QED) is 0.928. The summed E-state index contributed by atoms with van der Waals surface area (Å²) in [5.74, 6) is 0.517. The largest absolute Gasteiger partial charge is 0.392 e. The standard InChI is InChI=1S/C19H22O.O2S/c20-19(18-8-4-5-9-18)14-15-10-12-17(13-11-15)16-6-2-1-3-7-16;1-3-2/h1-3,6-7,10-13,18-20H,4-5,8-9,14H2;/t19-;/m1./s1. The fourth-order valence-corrected chi connectivity index (χ4v) is 3.21. The van der Waals surface area contributed by atoms with Crippen molar-refractivity contribution in [2.75, 3.05) is 0 Å². The molecular weight excluding hydrogens is 308 g/mol. The Bertz CT molecular complexity index is 613. The molecule has 2 aromatic carbocycles. The molecule has 1 N–H and O–H groups in total. The van der Waals surface area contributed by atoms with E-state index in [1.165, 1.54) is 42.4 Å². The van der Waals surface area contributed by atoms with E-state index in [2.05, 4.69) is 48.5 Å². The molecule has 3 nitrogen and oxygen atoms in total. The molecule has 0 radical (unpaired) electrons. The first kappa shape index (κ1) is 17.6. The molecule has 1 fully saturated rings. The minimum absolute atomic E-state index is 0.167. The van der Waals surface area contributed by atoms with Gasteiger partial charge < -0.3 is 5.11 Å². The van der Waals surface area contributed by atoms with Gasteiger partial charge in [-0.1, -0.05) is 67.4 Å². The number of benzene rings is 2. The van der Waals surface area contributed by atoms with Crippen molar-refractivity contribution in [1.82, 2.24) is 0 Å². The van der Waals surface area contributed by atoms with Crippen LogP contribution in [0.5, 0.6) is 0 Å². The maximum Gasteiger partial charge on any atom is 0.335 e. The van der Waals surface area contributed by atoms with Gasteiger partial charge >= 0.3 is 11.6 Å². The predicted octanol–water partition coefficient (Wildman–Crippen LogP) is 3.78. The third-order valence-electron chi connectivity index (χ3n) is 4.45. The summed E-state index contributed by atoms with van der Waals surface area (Å²) in [6.07, 6.45) is 5.59. The SMILES string of the molecule is O=S=O.O[C@H](Cc1ccc(-c2ccccc2)cc1)C1CCCC1. The Hall–Kier alpha value is -1.78. The lowest BCUT2D eigenvalue weighted by Crippen LogP contribution is -2.20. The fraction of sp³-hybridized carbons (Fsp3) is 0.368. The molecule has 0 amide bonds. The van der Waals surface area contributed by atoms with Gasteiger partial charge in [0, 0.05) is 0 Å².